The average molecular weight is 737 g/mol. The van der Waals surface area contributed by atoms with Gasteiger partial charge in [-0.2, -0.15) is 23.1 Å². The Balaban J connectivity index is 0.00000387. The minimum Gasteiger partial charge on any atom is -0.347 e. The van der Waals surface area contributed by atoms with Crippen LogP contribution in [0.4, 0.5) is 19.1 Å². The summed E-state index contributed by atoms with van der Waals surface area (Å²) in [5.74, 6) is 0.442. The molecule has 0 bridgehead atoms. The fourth-order valence-corrected chi connectivity index (χ4v) is 5.55. The number of rotatable bonds is 4. The fraction of sp³-hybridized carbons (Fsp3) is 0.375. The van der Waals surface area contributed by atoms with Crippen LogP contribution in [-0.4, -0.2) is 34.0 Å². The summed E-state index contributed by atoms with van der Waals surface area (Å²) in [6, 6.07) is 17.3. The van der Waals surface area contributed by atoms with Gasteiger partial charge in [-0.1, -0.05) is 77.9 Å². The number of hydrogen-bond donors (Lipinski definition) is 0. The van der Waals surface area contributed by atoms with Gasteiger partial charge in [0.1, 0.15) is 0 Å². The molecule has 0 saturated carbocycles. The van der Waals surface area contributed by atoms with Crippen molar-refractivity contribution in [1.82, 2.24) is 19.9 Å². The van der Waals surface area contributed by atoms with Crippen LogP contribution in [0.25, 0.3) is 34.0 Å². The molecule has 0 fully saturated rings. The molecule has 217 valence electrons. The van der Waals surface area contributed by atoms with Crippen LogP contribution in [0.1, 0.15) is 58.2 Å². The minimum atomic E-state index is -4.66. The van der Waals surface area contributed by atoms with E-state index < -0.39 is 11.7 Å². The predicted molar refractivity (Wildman–Crippen MR) is 152 cm³/mol. The van der Waals surface area contributed by atoms with Crippen LogP contribution in [-0.2, 0) is 37.1 Å². The molecule has 2 aromatic heterocycles. The number of hydrogen-bond acceptors (Lipinski definition) is 5. The molecule has 0 saturated heterocycles. The number of anilines is 1. The van der Waals surface area contributed by atoms with E-state index in [4.69, 9.17) is 0 Å². The number of halogens is 3. The van der Waals surface area contributed by atoms with Gasteiger partial charge in [0.15, 0.2) is 11.6 Å². The molecule has 4 aromatic rings. The molecule has 9 heteroatoms. The Hall–Kier alpha value is -3.16. The summed E-state index contributed by atoms with van der Waals surface area (Å²) in [4.78, 5) is 19.4. The van der Waals surface area contributed by atoms with E-state index >= 15 is 0 Å². The molecule has 5 nitrogen and oxygen atoms in total. The van der Waals surface area contributed by atoms with Gasteiger partial charge in [-0.3, -0.25) is 0 Å². The summed E-state index contributed by atoms with van der Waals surface area (Å²) in [5, 5.41) is 0. The van der Waals surface area contributed by atoms with Crippen LogP contribution < -0.4 is 4.90 Å². The molecule has 0 unspecified atom stereocenters. The number of nitrogens with zero attached hydrogens (tertiary/aromatic N) is 5. The van der Waals surface area contributed by atoms with Crippen molar-refractivity contribution in [2.45, 2.75) is 58.5 Å². The Morgan fingerprint density at radius 2 is 1.41 bits per heavy atom. The maximum atomic E-state index is 14.5. The molecule has 1 aliphatic rings. The molecule has 5 rings (SSSR count). The van der Waals surface area contributed by atoms with Crippen molar-refractivity contribution in [3.63, 3.8) is 0 Å². The quantitative estimate of drug-likeness (QED) is 0.201. The first kappa shape index (κ1) is 30.8. The van der Waals surface area contributed by atoms with Crippen molar-refractivity contribution in [3.8, 4) is 34.0 Å². The summed E-state index contributed by atoms with van der Waals surface area (Å²) in [5.41, 5.74) is 2.18. The number of pyridine rings is 1. The molecule has 2 aromatic carbocycles. The van der Waals surface area contributed by atoms with Crippen LogP contribution in [0.3, 0.4) is 0 Å². The second kappa shape index (κ2) is 10.3. The second-order valence-electron chi connectivity index (χ2n) is 12.2. The predicted octanol–water partition coefficient (Wildman–Crippen LogP) is 7.75. The first-order valence-corrected chi connectivity index (χ1v) is 13.2. The van der Waals surface area contributed by atoms with E-state index in [2.05, 4.69) is 67.5 Å². The van der Waals surface area contributed by atoms with Crippen LogP contribution in [0.2, 0.25) is 0 Å². The summed E-state index contributed by atoms with van der Waals surface area (Å²) in [6.07, 6.45) is -3.45. The Bertz CT molecular complexity index is 1600. The van der Waals surface area contributed by atoms with Gasteiger partial charge >= 0.3 is 6.18 Å². The molecular weight excluding hydrogens is 704 g/mol. The fourth-order valence-electron chi connectivity index (χ4n) is 5.55. The average Bonchev–Trinajstić information content (AvgIpc) is 3.01. The monoisotopic (exact) mass is 737 g/mol. The molecule has 0 atom stereocenters. The summed E-state index contributed by atoms with van der Waals surface area (Å²) >= 11 is 0. The van der Waals surface area contributed by atoms with Crippen molar-refractivity contribution in [3.05, 3.63) is 77.5 Å². The van der Waals surface area contributed by atoms with Crippen LogP contribution in [0.5, 0.6) is 0 Å². The van der Waals surface area contributed by atoms with Gasteiger partial charge in [-0.05, 0) is 21.9 Å². The van der Waals surface area contributed by atoms with E-state index in [0.717, 1.165) is 17.2 Å². The van der Waals surface area contributed by atoms with Crippen molar-refractivity contribution in [1.29, 1.82) is 0 Å². The molecule has 0 spiro atoms. The topological polar surface area (TPSA) is 54.8 Å². The first-order valence-electron chi connectivity index (χ1n) is 13.2. The van der Waals surface area contributed by atoms with Crippen LogP contribution in [0, 0.1) is 11.5 Å². The van der Waals surface area contributed by atoms with Crippen LogP contribution >= 0.6 is 0 Å². The summed E-state index contributed by atoms with van der Waals surface area (Å²) in [7, 11) is 3.46. The Kier molecular flexibility index (Phi) is 7.72. The number of fused-ring (bicyclic) bond motifs is 1. The van der Waals surface area contributed by atoms with Gasteiger partial charge < -0.3 is 9.88 Å². The summed E-state index contributed by atoms with van der Waals surface area (Å²) < 4.78 is 43.6. The molecule has 0 aliphatic heterocycles. The normalized spacial score (nSPS) is 16.6. The maximum Gasteiger partial charge on any atom is 0.416 e. The molecule has 0 amide bonds. The zero-order valence-corrected chi connectivity index (χ0v) is 26.8. The van der Waals surface area contributed by atoms with E-state index in [1.165, 1.54) is 6.20 Å². The van der Waals surface area contributed by atoms with E-state index in [1.807, 2.05) is 30.3 Å². The van der Waals surface area contributed by atoms with Crippen molar-refractivity contribution in [2.75, 3.05) is 19.0 Å². The zero-order valence-electron chi connectivity index (χ0n) is 24.4. The molecular formula is C32H33F3IrN5-. The third kappa shape index (κ3) is 4.97. The van der Waals surface area contributed by atoms with Crippen LogP contribution in [0.15, 0.2) is 54.7 Å². The van der Waals surface area contributed by atoms with Gasteiger partial charge in [0.05, 0.1) is 5.56 Å². The van der Waals surface area contributed by atoms with E-state index in [1.54, 1.807) is 31.1 Å². The number of alkyl halides is 3. The summed E-state index contributed by atoms with van der Waals surface area (Å²) in [6.45, 7) is 13.3. The standard InChI is InChI=1S/C32H33F3N5.Ir/c1-29(2)22-15-14-20(16-24(22)30(3,4)31(29,5)6)25-17-23(32(33,34)35)21(18-36-25)27-37-26(19-12-10-9-11-13-19)38-28(39-27)40(7)8;/h9-13,15-18H,1-8H3;/q-1;. The largest absolute Gasteiger partial charge is 0.416 e. The minimum absolute atomic E-state index is 0. The van der Waals surface area contributed by atoms with Gasteiger partial charge in [0.2, 0.25) is 5.95 Å². The smallest absolute Gasteiger partial charge is 0.347 e. The Morgan fingerprint density at radius 3 is 2.02 bits per heavy atom. The molecule has 41 heavy (non-hydrogen) atoms. The van der Waals surface area contributed by atoms with Crippen molar-refractivity contribution in [2.24, 2.45) is 5.41 Å². The molecule has 0 N–H and O–H groups in total. The van der Waals surface area contributed by atoms with Gasteiger partial charge in [0, 0.05) is 51.5 Å². The second-order valence-corrected chi connectivity index (χ2v) is 12.2. The molecule has 1 radical (unpaired) electrons. The van der Waals surface area contributed by atoms with E-state index in [9.17, 15) is 13.2 Å². The van der Waals surface area contributed by atoms with Gasteiger partial charge in [-0.25, -0.2) is 4.98 Å². The Morgan fingerprint density at radius 1 is 0.805 bits per heavy atom. The molecule has 2 heterocycles. The number of aromatic nitrogens is 4. The van der Waals surface area contributed by atoms with Gasteiger partial charge in [-0.15, -0.1) is 34.9 Å². The number of benzene rings is 2. The third-order valence-electron chi connectivity index (χ3n) is 9.20. The van der Waals surface area contributed by atoms with E-state index in [0.29, 0.717) is 11.1 Å². The first-order chi connectivity index (χ1) is 18.6. The van der Waals surface area contributed by atoms with Crippen molar-refractivity contribution < 1.29 is 33.3 Å². The van der Waals surface area contributed by atoms with E-state index in [-0.39, 0.29) is 65.2 Å². The van der Waals surface area contributed by atoms with Gasteiger partial charge in [0.25, 0.3) is 0 Å². The maximum absolute atomic E-state index is 14.5. The third-order valence-corrected chi connectivity index (χ3v) is 9.20. The zero-order chi connectivity index (χ0) is 29.3. The molecule has 1 aliphatic carbocycles. The SMILES string of the molecule is CN(C)c1nc(-c2ccccc2)nc(-c2cnc(-c3[c-]cc4c(c3)C(C)(C)C(C)(C)C4(C)C)cc2C(F)(F)F)n1.[Ir]. The van der Waals surface area contributed by atoms with Crippen molar-refractivity contribution >= 4 is 5.95 Å². The Labute approximate surface area is 253 Å².